The molecule has 2 rings (SSSR count). The molecule has 1 heterocycles. The minimum Gasteiger partial charge on any atom is -0.454 e. The molecule has 2 N–H and O–H groups in total. The summed E-state index contributed by atoms with van der Waals surface area (Å²) in [6, 6.07) is 9.48. The molecule has 1 aromatic heterocycles. The number of imide groups is 1. The van der Waals surface area contributed by atoms with Crippen LogP contribution in [0.25, 0.3) is 0 Å². The number of carbonyl (C=O) groups is 3. The molecule has 10 nitrogen and oxygen atoms in total. The zero-order chi connectivity index (χ0) is 22.1. The zero-order valence-corrected chi connectivity index (χ0v) is 16.8. The van der Waals surface area contributed by atoms with Gasteiger partial charge in [0, 0.05) is 18.3 Å². The summed E-state index contributed by atoms with van der Waals surface area (Å²) in [5, 5.41) is 4.55. The van der Waals surface area contributed by atoms with Gasteiger partial charge in [-0.25, -0.2) is 14.2 Å². The molecule has 0 unspecified atom stereocenters. The maximum Gasteiger partial charge on any atom is 0.331 e. The van der Waals surface area contributed by atoms with Crippen molar-refractivity contribution in [1.29, 1.82) is 0 Å². The summed E-state index contributed by atoms with van der Waals surface area (Å²) < 4.78 is 6.78. The van der Waals surface area contributed by atoms with Gasteiger partial charge in [0.1, 0.15) is 6.54 Å². The number of ether oxygens (including phenoxy) is 1. The predicted molar refractivity (Wildman–Crippen MR) is 108 cm³/mol. The number of rotatable bonds is 8. The molecule has 3 amide bonds. The van der Waals surface area contributed by atoms with Crippen LogP contribution in [0.2, 0.25) is 0 Å². The quantitative estimate of drug-likeness (QED) is 0.593. The summed E-state index contributed by atoms with van der Waals surface area (Å²) in [5.74, 6) is -1.78. The van der Waals surface area contributed by atoms with Gasteiger partial charge in [0.05, 0.1) is 6.54 Å². The molecule has 1 atom stereocenters. The van der Waals surface area contributed by atoms with Crippen molar-refractivity contribution >= 4 is 17.9 Å². The fraction of sp³-hybridized carbons (Fsp3) is 0.350. The number of aromatic nitrogens is 2. The Morgan fingerprint density at radius 1 is 1.10 bits per heavy atom. The number of esters is 1. The lowest BCUT2D eigenvalue weighted by Crippen LogP contribution is -2.45. The average Bonchev–Trinajstić information content (AvgIpc) is 2.72. The van der Waals surface area contributed by atoms with Crippen LogP contribution < -0.4 is 21.9 Å². The highest BCUT2D eigenvalue weighted by molar-refractivity contribution is 5.95. The van der Waals surface area contributed by atoms with E-state index in [4.69, 9.17) is 4.74 Å². The lowest BCUT2D eigenvalue weighted by molar-refractivity contribution is -0.149. The van der Waals surface area contributed by atoms with Crippen LogP contribution in [0.5, 0.6) is 0 Å². The van der Waals surface area contributed by atoms with Crippen LogP contribution in [-0.2, 0) is 27.4 Å². The number of nitrogens with one attached hydrogen (secondary N) is 2. The van der Waals surface area contributed by atoms with Crippen molar-refractivity contribution in [2.24, 2.45) is 0 Å². The Morgan fingerprint density at radius 2 is 1.80 bits per heavy atom. The van der Waals surface area contributed by atoms with E-state index in [1.165, 1.54) is 16.8 Å². The van der Waals surface area contributed by atoms with E-state index >= 15 is 0 Å². The minimum atomic E-state index is -0.954. The molecule has 0 saturated carbocycles. The Morgan fingerprint density at radius 3 is 2.47 bits per heavy atom. The van der Waals surface area contributed by atoms with Crippen molar-refractivity contribution in [3.8, 4) is 0 Å². The van der Waals surface area contributed by atoms with Crippen molar-refractivity contribution in [3.05, 3.63) is 69.0 Å². The van der Waals surface area contributed by atoms with Gasteiger partial charge in [0.25, 0.3) is 11.5 Å². The molecule has 0 aliphatic carbocycles. The number of urea groups is 1. The highest BCUT2D eigenvalue weighted by Gasteiger charge is 2.15. The Bertz CT molecular complexity index is 1010. The van der Waals surface area contributed by atoms with Gasteiger partial charge in [0.15, 0.2) is 6.61 Å². The topological polar surface area (TPSA) is 128 Å². The largest absolute Gasteiger partial charge is 0.454 e. The fourth-order valence-corrected chi connectivity index (χ4v) is 2.45. The molecule has 160 valence electrons. The van der Waals surface area contributed by atoms with Gasteiger partial charge in [-0.15, -0.1) is 0 Å². The Kier molecular flexibility index (Phi) is 8.09. The van der Waals surface area contributed by atoms with Gasteiger partial charge in [-0.1, -0.05) is 37.3 Å². The van der Waals surface area contributed by atoms with Crippen molar-refractivity contribution in [1.82, 2.24) is 19.8 Å². The summed E-state index contributed by atoms with van der Waals surface area (Å²) in [4.78, 5) is 59.8. The van der Waals surface area contributed by atoms with Crippen molar-refractivity contribution in [3.63, 3.8) is 0 Å². The molecule has 0 fully saturated rings. The molecule has 10 heteroatoms. The number of hydrogen-bond acceptors (Lipinski definition) is 6. The second-order valence-electron chi connectivity index (χ2n) is 6.63. The second kappa shape index (κ2) is 10.7. The first-order valence-electron chi connectivity index (χ1n) is 9.40. The fourth-order valence-electron chi connectivity index (χ4n) is 2.45. The summed E-state index contributed by atoms with van der Waals surface area (Å²) in [6.45, 7) is 2.50. The third kappa shape index (κ3) is 6.73. The van der Waals surface area contributed by atoms with E-state index < -0.39 is 42.3 Å². The van der Waals surface area contributed by atoms with Gasteiger partial charge in [-0.05, 0) is 18.9 Å². The summed E-state index contributed by atoms with van der Waals surface area (Å²) >= 11 is 0. The van der Waals surface area contributed by atoms with Crippen LogP contribution in [0.3, 0.4) is 0 Å². The summed E-state index contributed by atoms with van der Waals surface area (Å²) in [6.07, 6.45) is 2.03. The Hall–Kier alpha value is -3.69. The molecule has 0 saturated heterocycles. The van der Waals surface area contributed by atoms with Gasteiger partial charge in [-0.3, -0.25) is 24.3 Å². The number of hydrogen-bond donors (Lipinski definition) is 2. The van der Waals surface area contributed by atoms with Crippen molar-refractivity contribution in [2.75, 3.05) is 6.61 Å². The minimum absolute atomic E-state index is 0.122. The summed E-state index contributed by atoms with van der Waals surface area (Å²) in [7, 11) is 0. The lowest BCUT2D eigenvalue weighted by Gasteiger charge is -2.12. The number of carbonyl (C=O) groups excluding carboxylic acids is 3. The van der Waals surface area contributed by atoms with Gasteiger partial charge < -0.3 is 10.1 Å². The second-order valence-corrected chi connectivity index (χ2v) is 6.63. The van der Waals surface area contributed by atoms with Gasteiger partial charge in [-0.2, -0.15) is 0 Å². The van der Waals surface area contributed by atoms with Crippen molar-refractivity contribution < 1.29 is 19.1 Å². The standard InChI is InChI=1S/C20H24N4O6/c1-3-14(2)21-19(28)22-16(25)13-30-18(27)12-24-17(26)9-10-23(20(24)29)11-15-7-5-4-6-8-15/h4-10,14H,3,11-13H2,1-2H3,(H2,21,22,25,28)/t14-/m1/s1. The third-order valence-corrected chi connectivity index (χ3v) is 4.23. The van der Waals surface area contributed by atoms with Crippen LogP contribution in [0.15, 0.2) is 52.2 Å². The first kappa shape index (κ1) is 22.6. The lowest BCUT2D eigenvalue weighted by atomic mass is 10.2. The Balaban J connectivity index is 1.95. The normalized spacial score (nSPS) is 11.4. The maximum atomic E-state index is 12.5. The van der Waals surface area contributed by atoms with E-state index in [-0.39, 0.29) is 12.6 Å². The molecule has 0 aliphatic rings. The zero-order valence-electron chi connectivity index (χ0n) is 16.8. The number of nitrogens with zero attached hydrogens (tertiary/aromatic N) is 2. The monoisotopic (exact) mass is 416 g/mol. The number of benzene rings is 1. The van der Waals surface area contributed by atoms with E-state index in [9.17, 15) is 24.0 Å². The van der Waals surface area contributed by atoms with Crippen LogP contribution >= 0.6 is 0 Å². The highest BCUT2D eigenvalue weighted by atomic mass is 16.5. The highest BCUT2D eigenvalue weighted by Crippen LogP contribution is 1.99. The van der Waals surface area contributed by atoms with E-state index in [1.807, 2.05) is 42.6 Å². The molecule has 1 aromatic carbocycles. The van der Waals surface area contributed by atoms with Crippen LogP contribution in [-0.4, -0.2) is 39.7 Å². The molecule has 0 bridgehead atoms. The molecule has 2 aromatic rings. The van der Waals surface area contributed by atoms with Gasteiger partial charge in [0.2, 0.25) is 0 Å². The summed E-state index contributed by atoms with van der Waals surface area (Å²) in [5.41, 5.74) is -0.501. The average molecular weight is 416 g/mol. The SMILES string of the molecule is CC[C@@H](C)NC(=O)NC(=O)COC(=O)Cn1c(=O)ccn(Cc2ccccc2)c1=O. The first-order chi connectivity index (χ1) is 14.3. The molecular formula is C20H24N4O6. The molecule has 0 radical (unpaired) electrons. The third-order valence-electron chi connectivity index (χ3n) is 4.23. The van der Waals surface area contributed by atoms with E-state index in [0.29, 0.717) is 6.42 Å². The predicted octanol–water partition coefficient (Wildman–Crippen LogP) is 0.226. The van der Waals surface area contributed by atoms with Crippen LogP contribution in [0.4, 0.5) is 4.79 Å². The van der Waals surface area contributed by atoms with E-state index in [2.05, 4.69) is 5.32 Å². The van der Waals surface area contributed by atoms with E-state index in [1.54, 1.807) is 6.92 Å². The van der Waals surface area contributed by atoms with Gasteiger partial charge >= 0.3 is 17.7 Å². The number of amides is 3. The van der Waals surface area contributed by atoms with E-state index in [0.717, 1.165) is 10.1 Å². The Labute approximate surface area is 172 Å². The maximum absolute atomic E-state index is 12.5. The van der Waals surface area contributed by atoms with Crippen LogP contribution in [0.1, 0.15) is 25.8 Å². The first-order valence-corrected chi connectivity index (χ1v) is 9.40. The molecule has 0 spiro atoms. The molecule has 0 aliphatic heterocycles. The van der Waals surface area contributed by atoms with Crippen molar-refractivity contribution in [2.45, 2.75) is 39.4 Å². The molecule has 30 heavy (non-hydrogen) atoms. The smallest absolute Gasteiger partial charge is 0.331 e. The van der Waals surface area contributed by atoms with Crippen LogP contribution in [0, 0.1) is 0 Å². The molecular weight excluding hydrogens is 392 g/mol.